The van der Waals surface area contributed by atoms with Gasteiger partial charge >= 0.3 is 57.4 Å². The average molecular weight is 223 g/mol. The molecule has 2 fully saturated rings. The zero-order valence-corrected chi connectivity index (χ0v) is 12.4. The molecule has 2 aliphatic rings. The van der Waals surface area contributed by atoms with Crippen LogP contribution in [0, 0.1) is 5.92 Å². The molecule has 0 aromatic heterocycles. The summed E-state index contributed by atoms with van der Waals surface area (Å²) < 4.78 is 0. The van der Waals surface area contributed by atoms with Crippen LogP contribution in [0.4, 0.5) is 0 Å². The number of nitrogens with zero attached hydrogens (tertiary/aromatic N) is 1. The van der Waals surface area contributed by atoms with E-state index in [9.17, 15) is 4.79 Å². The predicted octanol–water partition coefficient (Wildman–Crippen LogP) is -1.55. The minimum Gasteiger partial charge on any atom is -1.00 e. The van der Waals surface area contributed by atoms with Gasteiger partial charge in [0.15, 0.2) is 0 Å². The van der Waals surface area contributed by atoms with Gasteiger partial charge < -0.3 is 6.53 Å². The van der Waals surface area contributed by atoms with Gasteiger partial charge in [0.05, 0.1) is 0 Å². The third-order valence-corrected chi connectivity index (χ3v) is 3.81. The molecular formula is C10H18KNO2. The Hall–Kier alpha value is 1.07. The van der Waals surface area contributed by atoms with Crippen LogP contribution in [0.15, 0.2) is 0 Å². The first-order valence-corrected chi connectivity index (χ1v) is 5.05. The smallest absolute Gasteiger partial charge is 1.00 e. The average Bonchev–Trinajstić information content (AvgIpc) is 2.54. The molecule has 1 heterocycles. The molecular weight excluding hydrogens is 205 g/mol. The molecule has 1 aliphatic heterocycles. The van der Waals surface area contributed by atoms with Crippen molar-refractivity contribution >= 4 is 5.97 Å². The predicted molar refractivity (Wildman–Crippen MR) is 50.7 cm³/mol. The largest absolute Gasteiger partial charge is 1.00 e. The molecule has 3 atom stereocenters. The van der Waals surface area contributed by atoms with Crippen molar-refractivity contribution in [2.24, 2.45) is 5.92 Å². The first-order valence-electron chi connectivity index (χ1n) is 5.05. The third-order valence-electron chi connectivity index (χ3n) is 3.81. The Bertz CT molecular complexity index is 252. The topological polar surface area (TPSA) is 40.5 Å². The summed E-state index contributed by atoms with van der Waals surface area (Å²) >= 11 is 0. The summed E-state index contributed by atoms with van der Waals surface area (Å²) in [5.74, 6) is 0.0327. The second kappa shape index (κ2) is 4.51. The number of carboxylic acids is 1. The summed E-state index contributed by atoms with van der Waals surface area (Å²) in [4.78, 5) is 13.1. The Morgan fingerprint density at radius 1 is 1.64 bits per heavy atom. The van der Waals surface area contributed by atoms with Crippen LogP contribution in [0.3, 0.4) is 0 Å². The Labute approximate surface area is 129 Å². The van der Waals surface area contributed by atoms with Crippen LogP contribution in [0.5, 0.6) is 0 Å². The fourth-order valence-electron chi connectivity index (χ4n) is 2.60. The van der Waals surface area contributed by atoms with E-state index in [1.165, 1.54) is 0 Å². The number of rotatable bonds is 2. The monoisotopic (exact) mass is 223 g/mol. The number of carbonyl (C=O) groups is 1. The maximum absolute atomic E-state index is 11.0. The molecule has 4 heteroatoms. The molecule has 1 saturated heterocycles. The molecule has 0 aromatic carbocycles. The molecule has 1 N–H and O–H groups in total. The van der Waals surface area contributed by atoms with Gasteiger partial charge in [0, 0.05) is 5.54 Å². The van der Waals surface area contributed by atoms with Crippen molar-refractivity contribution in [3.63, 3.8) is 0 Å². The van der Waals surface area contributed by atoms with Crippen molar-refractivity contribution in [2.75, 3.05) is 6.54 Å². The normalized spacial score (nSPS) is 41.9. The second-order valence-electron chi connectivity index (χ2n) is 4.65. The van der Waals surface area contributed by atoms with Gasteiger partial charge in [0.25, 0.3) is 0 Å². The molecule has 2 rings (SSSR count). The molecule has 0 bridgehead atoms. The van der Waals surface area contributed by atoms with Crippen LogP contribution in [0.1, 0.15) is 34.5 Å². The van der Waals surface area contributed by atoms with Gasteiger partial charge in [0.2, 0.25) is 0 Å². The summed E-state index contributed by atoms with van der Waals surface area (Å²) in [6, 6.07) is -0.213. The zero-order chi connectivity index (χ0) is 9.64. The Balaban J connectivity index is 0.000000980. The summed E-state index contributed by atoms with van der Waals surface area (Å²) in [7, 11) is 0. The number of aliphatic carboxylic acids is 1. The number of likely N-dealkylation sites (tertiary alicyclic amines) is 1. The first-order chi connectivity index (χ1) is 6.05. The summed E-state index contributed by atoms with van der Waals surface area (Å²) in [6.07, 6.45) is 3.04. The minimum absolute atomic E-state index is 0. The Morgan fingerprint density at radius 2 is 2.21 bits per heavy atom. The first kappa shape index (κ1) is 13.1. The van der Waals surface area contributed by atoms with Crippen molar-refractivity contribution in [3.8, 4) is 0 Å². The molecule has 3 unspecified atom stereocenters. The molecule has 0 aromatic rings. The van der Waals surface area contributed by atoms with Gasteiger partial charge in [-0.05, 0) is 38.6 Å². The number of carboxylic acid groups (broad SMARTS) is 1. The fourth-order valence-corrected chi connectivity index (χ4v) is 2.60. The maximum atomic E-state index is 11.0. The summed E-state index contributed by atoms with van der Waals surface area (Å²) in [5.41, 5.74) is 0.194. The molecule has 1 saturated carbocycles. The zero-order valence-electron chi connectivity index (χ0n) is 10.3. The number of hydrogen-bond acceptors (Lipinski definition) is 2. The second-order valence-corrected chi connectivity index (χ2v) is 4.65. The van der Waals surface area contributed by atoms with Crippen LogP contribution in [0.25, 0.3) is 0 Å². The molecule has 3 nitrogen and oxygen atoms in total. The maximum Gasteiger partial charge on any atom is 1.00 e. The van der Waals surface area contributed by atoms with E-state index in [1.807, 2.05) is 0 Å². The number of hydrogen-bond donors (Lipinski definition) is 1. The van der Waals surface area contributed by atoms with E-state index < -0.39 is 5.97 Å². The van der Waals surface area contributed by atoms with Crippen LogP contribution in [-0.4, -0.2) is 34.1 Å². The van der Waals surface area contributed by atoms with Crippen LogP contribution in [-0.2, 0) is 4.79 Å². The fraction of sp³-hybridized carbons (Fsp3) is 0.900. The van der Waals surface area contributed by atoms with E-state index in [2.05, 4.69) is 18.7 Å². The van der Waals surface area contributed by atoms with E-state index in [4.69, 9.17) is 5.11 Å². The van der Waals surface area contributed by atoms with Gasteiger partial charge in [-0.2, -0.15) is 0 Å². The van der Waals surface area contributed by atoms with Gasteiger partial charge in [-0.1, -0.05) is 6.92 Å². The van der Waals surface area contributed by atoms with Gasteiger partial charge in [-0.15, -0.1) is 0 Å². The van der Waals surface area contributed by atoms with E-state index in [0.29, 0.717) is 5.92 Å². The van der Waals surface area contributed by atoms with E-state index in [1.54, 1.807) is 0 Å². The van der Waals surface area contributed by atoms with Gasteiger partial charge in [-0.3, -0.25) is 9.69 Å². The standard InChI is InChI=1S/C10H17NO2.K.H/c1-7-6-10(7,2)11-5-3-4-8(11)9(12)13;;/h7-8H,3-6H2,1-2H3,(H,12,13);;/q;+1;-1. The SMILES string of the molecule is CC1CC1(C)N1CCCC1C(=O)O.[H-].[K+]. The summed E-state index contributed by atoms with van der Waals surface area (Å²) in [6.45, 7) is 5.37. The molecule has 0 spiro atoms. The minimum atomic E-state index is -0.641. The van der Waals surface area contributed by atoms with Crippen molar-refractivity contribution in [1.82, 2.24) is 4.90 Å². The van der Waals surface area contributed by atoms with Gasteiger partial charge in [-0.25, -0.2) is 0 Å². The van der Waals surface area contributed by atoms with Crippen molar-refractivity contribution in [3.05, 3.63) is 0 Å². The molecule has 1 aliphatic carbocycles. The van der Waals surface area contributed by atoms with Crippen molar-refractivity contribution < 1.29 is 62.7 Å². The third kappa shape index (κ3) is 2.10. The Morgan fingerprint density at radius 3 is 2.64 bits per heavy atom. The van der Waals surface area contributed by atoms with Crippen LogP contribution < -0.4 is 51.4 Å². The van der Waals surface area contributed by atoms with Crippen molar-refractivity contribution in [2.45, 2.75) is 44.7 Å². The quantitative estimate of drug-likeness (QED) is 0.576. The van der Waals surface area contributed by atoms with E-state index in [-0.39, 0.29) is 64.4 Å². The molecule has 0 amide bonds. The van der Waals surface area contributed by atoms with E-state index >= 15 is 0 Å². The van der Waals surface area contributed by atoms with Gasteiger partial charge in [0.1, 0.15) is 6.04 Å². The van der Waals surface area contributed by atoms with Crippen molar-refractivity contribution in [1.29, 1.82) is 0 Å². The van der Waals surface area contributed by atoms with E-state index in [0.717, 1.165) is 25.8 Å². The van der Waals surface area contributed by atoms with Crippen LogP contribution in [0.2, 0.25) is 0 Å². The van der Waals surface area contributed by atoms with Crippen LogP contribution >= 0.6 is 0 Å². The Kier molecular flexibility index (Phi) is 4.23. The molecule has 14 heavy (non-hydrogen) atoms. The molecule has 76 valence electrons. The summed E-state index contributed by atoms with van der Waals surface area (Å²) in [5, 5.41) is 9.02. The molecule has 0 radical (unpaired) electrons.